The second-order valence-corrected chi connectivity index (χ2v) is 9.16. The van der Waals surface area contributed by atoms with E-state index in [4.69, 9.17) is 4.52 Å². The number of rotatable bonds is 9. The fraction of sp³-hybridized carbons (Fsp3) is 0.522. The van der Waals surface area contributed by atoms with Crippen molar-refractivity contribution in [3.63, 3.8) is 0 Å². The first-order valence-electron chi connectivity index (χ1n) is 10.8. The van der Waals surface area contributed by atoms with Gasteiger partial charge < -0.3 is 19.8 Å². The van der Waals surface area contributed by atoms with Gasteiger partial charge in [-0.2, -0.15) is 0 Å². The number of carboxylic acids is 1. The van der Waals surface area contributed by atoms with Crippen LogP contribution in [-0.2, 0) is 4.79 Å². The van der Waals surface area contributed by atoms with Gasteiger partial charge >= 0.3 is 12.0 Å². The van der Waals surface area contributed by atoms with Gasteiger partial charge in [0.25, 0.3) is 0 Å². The maximum atomic E-state index is 12.7. The van der Waals surface area contributed by atoms with Gasteiger partial charge in [0.1, 0.15) is 5.76 Å². The quantitative estimate of drug-likeness (QED) is 0.522. The highest BCUT2D eigenvalue weighted by atomic mass is 16.5. The molecular formula is C23H32N4O4. The van der Waals surface area contributed by atoms with Crippen molar-refractivity contribution < 1.29 is 19.2 Å². The molecule has 0 bridgehead atoms. The first-order chi connectivity index (χ1) is 14.6. The number of urea groups is 1. The third-order valence-corrected chi connectivity index (χ3v) is 5.19. The van der Waals surface area contributed by atoms with E-state index in [-0.39, 0.29) is 11.8 Å². The Labute approximate surface area is 183 Å². The molecule has 0 aliphatic heterocycles. The Balaban J connectivity index is 1.89. The number of nitrogens with one attached hydrogen (secondary N) is 2. The molecule has 1 aliphatic rings. The van der Waals surface area contributed by atoms with Gasteiger partial charge in [0.05, 0.1) is 17.3 Å². The van der Waals surface area contributed by atoms with Gasteiger partial charge in [-0.25, -0.2) is 4.79 Å². The zero-order valence-corrected chi connectivity index (χ0v) is 18.8. The summed E-state index contributed by atoms with van der Waals surface area (Å²) in [7, 11) is 0. The fourth-order valence-electron chi connectivity index (χ4n) is 3.84. The number of carbonyl (C=O) groups excluding carboxylic acids is 1. The lowest BCUT2D eigenvalue weighted by atomic mass is 10.0. The van der Waals surface area contributed by atoms with Crippen LogP contribution in [0.1, 0.15) is 51.4 Å². The third-order valence-electron chi connectivity index (χ3n) is 5.19. The van der Waals surface area contributed by atoms with E-state index in [0.29, 0.717) is 35.5 Å². The molecule has 1 fully saturated rings. The molecule has 3 N–H and O–H groups in total. The van der Waals surface area contributed by atoms with Crippen molar-refractivity contribution >= 4 is 29.2 Å². The number of aliphatic carboxylic acids is 1. The number of carbonyl (C=O) groups is 2. The van der Waals surface area contributed by atoms with Crippen molar-refractivity contribution in [3.05, 3.63) is 35.6 Å². The summed E-state index contributed by atoms with van der Waals surface area (Å²) in [4.78, 5) is 26.3. The Morgan fingerprint density at radius 3 is 2.35 bits per heavy atom. The lowest BCUT2D eigenvalue weighted by Gasteiger charge is -2.30. The summed E-state index contributed by atoms with van der Waals surface area (Å²) in [6.07, 6.45) is 0.625. The van der Waals surface area contributed by atoms with Crippen molar-refractivity contribution in [2.24, 2.45) is 17.8 Å². The first-order valence-corrected chi connectivity index (χ1v) is 10.8. The van der Waals surface area contributed by atoms with Crippen molar-refractivity contribution in [3.8, 4) is 0 Å². The number of carboxylic acid groups (broad SMARTS) is 1. The highest BCUT2D eigenvalue weighted by Gasteiger charge is 2.44. The van der Waals surface area contributed by atoms with Crippen molar-refractivity contribution in [1.82, 2.24) is 5.16 Å². The molecule has 1 saturated carbocycles. The van der Waals surface area contributed by atoms with Crippen LogP contribution < -0.4 is 15.5 Å². The minimum atomic E-state index is -0.774. The second kappa shape index (κ2) is 9.41. The summed E-state index contributed by atoms with van der Waals surface area (Å²) in [5.74, 6) is 0.679. The number of hydrogen-bond donors (Lipinski definition) is 3. The van der Waals surface area contributed by atoms with Crippen LogP contribution in [-0.4, -0.2) is 35.4 Å². The molecular weight excluding hydrogens is 396 g/mol. The van der Waals surface area contributed by atoms with E-state index >= 15 is 0 Å². The van der Waals surface area contributed by atoms with Gasteiger partial charge in [-0.05, 0) is 48.8 Å². The van der Waals surface area contributed by atoms with Gasteiger partial charge in [0.2, 0.25) is 0 Å². The fourth-order valence-corrected chi connectivity index (χ4v) is 3.84. The molecule has 2 aromatic rings. The number of benzene rings is 1. The highest BCUT2D eigenvalue weighted by molar-refractivity contribution is 6.01. The van der Waals surface area contributed by atoms with Gasteiger partial charge in [0.15, 0.2) is 5.82 Å². The zero-order valence-electron chi connectivity index (χ0n) is 18.8. The number of nitrogens with zero attached hydrogens (tertiary/aromatic N) is 2. The van der Waals surface area contributed by atoms with Gasteiger partial charge in [0, 0.05) is 19.2 Å². The molecule has 1 aromatic heterocycles. The number of anilines is 3. The van der Waals surface area contributed by atoms with E-state index in [2.05, 4.69) is 48.4 Å². The molecule has 31 heavy (non-hydrogen) atoms. The van der Waals surface area contributed by atoms with Crippen LogP contribution in [0.5, 0.6) is 0 Å². The number of hydrogen-bond acceptors (Lipinski definition) is 5. The molecule has 0 spiro atoms. The van der Waals surface area contributed by atoms with Gasteiger partial charge in [-0.15, -0.1) is 0 Å². The smallest absolute Gasteiger partial charge is 0.325 e. The molecule has 1 aliphatic carbocycles. The molecule has 0 radical (unpaired) electrons. The maximum absolute atomic E-state index is 12.7. The molecule has 8 heteroatoms. The summed E-state index contributed by atoms with van der Waals surface area (Å²) in [6, 6.07) is 7.10. The maximum Gasteiger partial charge on any atom is 0.325 e. The average molecular weight is 429 g/mol. The number of amides is 2. The van der Waals surface area contributed by atoms with Crippen LogP contribution >= 0.6 is 0 Å². The molecule has 1 heterocycles. The summed E-state index contributed by atoms with van der Waals surface area (Å²) >= 11 is 0. The number of aryl methyl sites for hydroxylation is 1. The third kappa shape index (κ3) is 5.99. The molecule has 2 amide bonds. The predicted molar refractivity (Wildman–Crippen MR) is 121 cm³/mol. The standard InChI is InChI=1S/C23H32N4O4/c1-13(2)11-27(12-14(3)4)20-7-6-16(17-10-18(17)22(28)29)9-19(20)24-23(30)25-21-8-15(5)31-26-21/h6-9,13-14,17-18H,10-12H2,1-5H3,(H,28,29)(H2,24,25,26,30). The van der Waals surface area contributed by atoms with Gasteiger partial charge in [-0.1, -0.05) is 38.9 Å². The highest BCUT2D eigenvalue weighted by Crippen LogP contribution is 2.49. The lowest BCUT2D eigenvalue weighted by Crippen LogP contribution is -2.32. The molecule has 0 saturated heterocycles. The van der Waals surface area contributed by atoms with Crippen molar-refractivity contribution in [2.75, 3.05) is 28.6 Å². The second-order valence-electron chi connectivity index (χ2n) is 9.16. The molecule has 2 atom stereocenters. The zero-order chi connectivity index (χ0) is 22.7. The first kappa shape index (κ1) is 22.7. The molecule has 1 aromatic carbocycles. The molecule has 3 rings (SSSR count). The van der Waals surface area contributed by atoms with Crippen LogP contribution in [0.2, 0.25) is 0 Å². The van der Waals surface area contributed by atoms with Crippen LogP contribution in [0.25, 0.3) is 0 Å². The van der Waals surface area contributed by atoms with E-state index in [1.54, 1.807) is 13.0 Å². The summed E-state index contributed by atoms with van der Waals surface area (Å²) in [6.45, 7) is 12.1. The van der Waals surface area contributed by atoms with E-state index < -0.39 is 12.0 Å². The van der Waals surface area contributed by atoms with E-state index in [1.807, 2.05) is 18.2 Å². The van der Waals surface area contributed by atoms with Crippen LogP contribution in [0.4, 0.5) is 22.0 Å². The van der Waals surface area contributed by atoms with Crippen LogP contribution in [0.15, 0.2) is 28.8 Å². The van der Waals surface area contributed by atoms with Crippen molar-refractivity contribution in [2.45, 2.75) is 47.0 Å². The SMILES string of the molecule is Cc1cc(NC(=O)Nc2cc(C3CC3C(=O)O)ccc2N(CC(C)C)CC(C)C)no1. The van der Waals surface area contributed by atoms with Crippen LogP contribution in [0, 0.1) is 24.7 Å². The van der Waals surface area contributed by atoms with E-state index in [1.165, 1.54) is 0 Å². The topological polar surface area (TPSA) is 108 Å². The van der Waals surface area contributed by atoms with Gasteiger partial charge in [-0.3, -0.25) is 10.1 Å². The Kier molecular flexibility index (Phi) is 6.87. The van der Waals surface area contributed by atoms with E-state index in [9.17, 15) is 14.7 Å². The Morgan fingerprint density at radius 1 is 1.16 bits per heavy atom. The summed E-state index contributed by atoms with van der Waals surface area (Å²) in [5, 5.41) is 18.7. The minimum absolute atomic E-state index is 0.0167. The predicted octanol–water partition coefficient (Wildman–Crippen LogP) is 4.93. The van der Waals surface area contributed by atoms with Crippen molar-refractivity contribution in [1.29, 1.82) is 0 Å². The Bertz CT molecular complexity index is 927. The number of aromatic nitrogens is 1. The summed E-state index contributed by atoms with van der Waals surface area (Å²) < 4.78 is 5.00. The molecule has 2 unspecified atom stereocenters. The average Bonchev–Trinajstić information content (AvgIpc) is 3.37. The Hall–Kier alpha value is -3.03. The molecule has 168 valence electrons. The van der Waals surface area contributed by atoms with E-state index in [0.717, 1.165) is 24.3 Å². The lowest BCUT2D eigenvalue weighted by molar-refractivity contribution is -0.138. The normalized spacial score (nSPS) is 17.6. The monoisotopic (exact) mass is 428 g/mol. The summed E-state index contributed by atoms with van der Waals surface area (Å²) in [5.41, 5.74) is 2.51. The minimum Gasteiger partial charge on any atom is -0.481 e. The molecule has 8 nitrogen and oxygen atoms in total. The largest absolute Gasteiger partial charge is 0.481 e. The Morgan fingerprint density at radius 2 is 1.84 bits per heavy atom. The van der Waals surface area contributed by atoms with Crippen LogP contribution in [0.3, 0.4) is 0 Å².